The molecule has 3 aromatic rings. The maximum absolute atomic E-state index is 13.6. The zero-order valence-electron chi connectivity index (χ0n) is 16.0. The molecule has 2 unspecified atom stereocenters. The second-order valence-electron chi connectivity index (χ2n) is 6.89. The zero-order chi connectivity index (χ0) is 21.1. The molecule has 1 aromatic heterocycles. The molecule has 2 aromatic carbocycles. The number of para-hydroxylation sites is 1. The van der Waals surface area contributed by atoms with Crippen LogP contribution in [0.15, 0.2) is 96.6 Å². The summed E-state index contributed by atoms with van der Waals surface area (Å²) in [5.74, 6) is -1.24. The Morgan fingerprint density at radius 3 is 2.20 bits per heavy atom. The van der Waals surface area contributed by atoms with E-state index in [-0.39, 0.29) is 11.6 Å². The van der Waals surface area contributed by atoms with E-state index < -0.39 is 11.8 Å². The van der Waals surface area contributed by atoms with E-state index in [0.717, 1.165) is 5.56 Å². The summed E-state index contributed by atoms with van der Waals surface area (Å²) >= 11 is 5.83. The molecule has 2 heterocycles. The third-order valence-electron chi connectivity index (χ3n) is 5.19. The number of rotatable bonds is 4. The lowest BCUT2D eigenvalue weighted by Crippen LogP contribution is -2.48. The molecule has 0 aliphatic carbocycles. The fourth-order valence-corrected chi connectivity index (χ4v) is 4.24. The Hall–Kier alpha value is -3.82. The number of allylic oxidation sites excluding steroid dienone is 1. The van der Waals surface area contributed by atoms with Gasteiger partial charge in [0.15, 0.2) is 5.78 Å². The number of carbonyl (C=O) groups is 1. The van der Waals surface area contributed by atoms with E-state index in [9.17, 15) is 10.1 Å². The first-order valence-corrected chi connectivity index (χ1v) is 9.82. The summed E-state index contributed by atoms with van der Waals surface area (Å²) in [6, 6.07) is 24.3. The molecule has 0 bridgehead atoms. The number of nitriles is 1. The number of Topliss-reactive ketones (excluding diaryl/α,β-unsaturated/α-hetero) is 1. The van der Waals surface area contributed by atoms with Gasteiger partial charge in [0.05, 0.1) is 17.6 Å². The summed E-state index contributed by atoms with van der Waals surface area (Å²) in [4.78, 5) is 19.6. The van der Waals surface area contributed by atoms with Crippen molar-refractivity contribution in [2.24, 2.45) is 11.7 Å². The minimum atomic E-state index is -0.757. The van der Waals surface area contributed by atoms with Gasteiger partial charge < -0.3 is 5.73 Å². The Kier molecular flexibility index (Phi) is 5.38. The summed E-state index contributed by atoms with van der Waals surface area (Å²) in [5.41, 5.74) is 8.81. The van der Waals surface area contributed by atoms with Crippen molar-refractivity contribution < 1.29 is 4.79 Å². The van der Waals surface area contributed by atoms with Crippen molar-refractivity contribution in [3.05, 3.63) is 108 Å². The van der Waals surface area contributed by atoms with Gasteiger partial charge in [0.2, 0.25) is 0 Å². The number of nitrogens with two attached hydrogens (primary N) is 1. The first-order valence-electron chi connectivity index (χ1n) is 9.41. The van der Waals surface area contributed by atoms with Gasteiger partial charge in [0.25, 0.3) is 0 Å². The molecule has 2 atom stereocenters. The predicted octanol–water partition coefficient (Wildman–Crippen LogP) is 4.21. The fourth-order valence-electron chi connectivity index (χ4n) is 3.80. The van der Waals surface area contributed by atoms with Crippen LogP contribution in [0, 0.1) is 17.2 Å². The third-order valence-corrected chi connectivity index (χ3v) is 5.62. The van der Waals surface area contributed by atoms with Crippen LogP contribution in [0.3, 0.4) is 0 Å². The molecule has 0 saturated carbocycles. The van der Waals surface area contributed by atoms with Gasteiger partial charge in [-0.25, -0.2) is 0 Å². The lowest BCUT2D eigenvalue weighted by atomic mass is 9.74. The second-order valence-corrected chi connectivity index (χ2v) is 7.30. The van der Waals surface area contributed by atoms with Crippen molar-refractivity contribution in [1.82, 2.24) is 4.98 Å². The molecular formula is C24H18N4OS. The normalized spacial score (nSPS) is 18.8. The monoisotopic (exact) mass is 410 g/mol. The van der Waals surface area contributed by atoms with Gasteiger partial charge in [0.1, 0.15) is 10.8 Å². The molecule has 0 spiro atoms. The summed E-state index contributed by atoms with van der Waals surface area (Å²) in [6.45, 7) is 0. The number of aromatic nitrogens is 1. The fraction of sp³-hybridized carbons (Fsp3) is 0.0833. The maximum atomic E-state index is 13.6. The van der Waals surface area contributed by atoms with Gasteiger partial charge in [-0.3, -0.25) is 14.7 Å². The van der Waals surface area contributed by atoms with Gasteiger partial charge in [-0.05, 0) is 29.8 Å². The number of nitrogens with zero attached hydrogens (tertiary/aromatic N) is 3. The van der Waals surface area contributed by atoms with E-state index in [2.05, 4.69) is 11.1 Å². The summed E-state index contributed by atoms with van der Waals surface area (Å²) in [6.07, 6.45) is 3.14. The standard InChI is InChI=1S/C24H18N4OS/c25-15-19-20(16-7-3-1-4-8-16)21(22(29)17-11-13-27-14-12-17)24(30)28(23(19)26)18-9-5-2-6-10-18/h1-14,20-21H,26H2. The molecule has 1 aliphatic heterocycles. The molecule has 5 nitrogen and oxygen atoms in total. The Labute approximate surface area is 180 Å². The largest absolute Gasteiger partial charge is 0.384 e. The van der Waals surface area contributed by atoms with Gasteiger partial charge >= 0.3 is 0 Å². The van der Waals surface area contributed by atoms with Crippen molar-refractivity contribution in [2.75, 3.05) is 4.90 Å². The minimum absolute atomic E-state index is 0.169. The number of hydrogen-bond donors (Lipinski definition) is 1. The van der Waals surface area contributed by atoms with Crippen molar-refractivity contribution in [1.29, 1.82) is 5.26 Å². The van der Waals surface area contributed by atoms with Gasteiger partial charge in [-0.15, -0.1) is 0 Å². The average Bonchev–Trinajstić information content (AvgIpc) is 2.80. The predicted molar refractivity (Wildman–Crippen MR) is 120 cm³/mol. The molecule has 2 N–H and O–H groups in total. The Morgan fingerprint density at radius 2 is 1.60 bits per heavy atom. The lowest BCUT2D eigenvalue weighted by Gasteiger charge is -2.39. The van der Waals surface area contributed by atoms with Crippen molar-refractivity contribution in [3.8, 4) is 6.07 Å². The van der Waals surface area contributed by atoms with E-state index in [1.54, 1.807) is 29.4 Å². The number of ketones is 1. The summed E-state index contributed by atoms with van der Waals surface area (Å²) in [5, 5.41) is 10.0. The minimum Gasteiger partial charge on any atom is -0.384 e. The van der Waals surface area contributed by atoms with Gasteiger partial charge in [-0.1, -0.05) is 60.7 Å². The van der Waals surface area contributed by atoms with E-state index in [4.69, 9.17) is 18.0 Å². The van der Waals surface area contributed by atoms with Crippen molar-refractivity contribution in [3.63, 3.8) is 0 Å². The molecule has 0 fully saturated rings. The molecule has 146 valence electrons. The average molecular weight is 411 g/mol. The van der Waals surface area contributed by atoms with Gasteiger partial charge in [0, 0.05) is 29.6 Å². The number of hydrogen-bond acceptors (Lipinski definition) is 5. The van der Waals surface area contributed by atoms with Gasteiger partial charge in [-0.2, -0.15) is 5.26 Å². The first-order chi connectivity index (χ1) is 14.6. The quantitative estimate of drug-likeness (QED) is 0.513. The number of pyridine rings is 1. The molecule has 4 rings (SSSR count). The number of thiocarbonyl (C=S) groups is 1. The number of benzene rings is 2. The van der Waals surface area contributed by atoms with Crippen LogP contribution in [-0.2, 0) is 0 Å². The first kappa shape index (κ1) is 19.5. The zero-order valence-corrected chi connectivity index (χ0v) is 16.8. The highest BCUT2D eigenvalue weighted by Gasteiger charge is 2.44. The molecule has 30 heavy (non-hydrogen) atoms. The topological polar surface area (TPSA) is 83.0 Å². The highest BCUT2D eigenvalue weighted by molar-refractivity contribution is 7.80. The summed E-state index contributed by atoms with van der Waals surface area (Å²) in [7, 11) is 0. The number of anilines is 1. The summed E-state index contributed by atoms with van der Waals surface area (Å²) < 4.78 is 0. The Morgan fingerprint density at radius 1 is 1.00 bits per heavy atom. The Balaban J connectivity index is 1.94. The molecule has 1 aliphatic rings. The van der Waals surface area contributed by atoms with E-state index in [1.165, 1.54) is 0 Å². The van der Waals surface area contributed by atoms with Crippen molar-refractivity contribution >= 4 is 28.7 Å². The van der Waals surface area contributed by atoms with Crippen LogP contribution in [0.5, 0.6) is 0 Å². The van der Waals surface area contributed by atoms with Crippen LogP contribution in [-0.4, -0.2) is 15.8 Å². The molecule has 0 amide bonds. The Bertz CT molecular complexity index is 1150. The highest BCUT2D eigenvalue weighted by Crippen LogP contribution is 2.42. The SMILES string of the molecule is N#CC1=C(N)N(c2ccccc2)C(=S)C(C(=O)c2ccncc2)C1c1ccccc1. The maximum Gasteiger partial charge on any atom is 0.173 e. The van der Waals surface area contributed by atoms with Crippen LogP contribution in [0.4, 0.5) is 5.69 Å². The van der Waals surface area contributed by atoms with Crippen LogP contribution >= 0.6 is 12.2 Å². The molecule has 0 saturated heterocycles. The number of carbonyl (C=O) groups excluding carboxylic acids is 1. The van der Waals surface area contributed by atoms with Crippen LogP contribution in [0.1, 0.15) is 21.8 Å². The third kappa shape index (κ3) is 3.36. The lowest BCUT2D eigenvalue weighted by molar-refractivity contribution is 0.0945. The highest BCUT2D eigenvalue weighted by atomic mass is 32.1. The van der Waals surface area contributed by atoms with E-state index in [1.807, 2.05) is 60.7 Å². The molecule has 6 heteroatoms. The molecular weight excluding hydrogens is 392 g/mol. The van der Waals surface area contributed by atoms with Crippen molar-refractivity contribution in [2.45, 2.75) is 5.92 Å². The van der Waals surface area contributed by atoms with Crippen LogP contribution < -0.4 is 10.6 Å². The van der Waals surface area contributed by atoms with E-state index >= 15 is 0 Å². The second kappa shape index (κ2) is 8.27. The molecule has 0 radical (unpaired) electrons. The smallest absolute Gasteiger partial charge is 0.173 e. The van der Waals surface area contributed by atoms with E-state index in [0.29, 0.717) is 21.8 Å². The van der Waals surface area contributed by atoms with Crippen LogP contribution in [0.2, 0.25) is 0 Å². The van der Waals surface area contributed by atoms with Crippen LogP contribution in [0.25, 0.3) is 0 Å².